The summed E-state index contributed by atoms with van der Waals surface area (Å²) in [5.41, 5.74) is -1.19. The van der Waals surface area contributed by atoms with Crippen molar-refractivity contribution in [2.24, 2.45) is 21.4 Å². The van der Waals surface area contributed by atoms with E-state index in [9.17, 15) is 24.1 Å². The number of nitrogens with zero attached hydrogens (tertiary/aromatic N) is 2. The van der Waals surface area contributed by atoms with E-state index in [1.54, 1.807) is 0 Å². The number of rotatable bonds is 5. The lowest BCUT2D eigenvalue weighted by Crippen LogP contribution is -2.43. The molecule has 8 nitrogen and oxygen atoms in total. The lowest BCUT2D eigenvalue weighted by molar-refractivity contribution is -0.384. The van der Waals surface area contributed by atoms with E-state index in [4.69, 9.17) is 16.4 Å². The normalized spacial score (nSPS) is 25.9. The summed E-state index contributed by atoms with van der Waals surface area (Å²) in [5.74, 6) is -1.45. The van der Waals surface area contributed by atoms with Crippen LogP contribution in [0.3, 0.4) is 0 Å². The number of carbonyl (C=O) groups is 2. The molecule has 0 aromatic heterocycles. The minimum atomic E-state index is -0.860. The Bertz CT molecular complexity index is 1230. The SMILES string of the molecule is CC12CCC(C(=O)Nc3ccc(F)cc3)(CC1=NOC(=O)c1ccc(Cl)c([N+](=O)[O-])c1)C2(C)C. The third kappa shape index (κ3) is 3.55. The molecular formula is C24H23ClFN3O5. The lowest BCUT2D eigenvalue weighted by Gasteiger charge is -2.39. The standard InChI is InChI=1S/C24H23ClFN3O5/c1-22(2)23(3)10-11-24(22,21(31)27-16-7-5-15(26)6-8-16)13-19(23)28-34-20(30)14-4-9-17(25)18(12-14)29(32)33/h4-9,12H,10-11,13H2,1-3H3,(H,27,31). The third-order valence-corrected chi connectivity index (χ3v) is 8.21. The lowest BCUT2D eigenvalue weighted by atomic mass is 9.64. The van der Waals surface area contributed by atoms with E-state index in [0.717, 1.165) is 6.07 Å². The van der Waals surface area contributed by atoms with Crippen LogP contribution in [0.4, 0.5) is 15.8 Å². The summed E-state index contributed by atoms with van der Waals surface area (Å²) in [5, 5.41) is 18.0. The highest BCUT2D eigenvalue weighted by Crippen LogP contribution is 2.71. The fourth-order valence-electron chi connectivity index (χ4n) is 5.24. The topological polar surface area (TPSA) is 111 Å². The van der Waals surface area contributed by atoms with E-state index in [1.165, 1.54) is 36.4 Å². The number of halogens is 2. The molecule has 4 rings (SSSR count). The van der Waals surface area contributed by atoms with Gasteiger partial charge in [-0.2, -0.15) is 0 Å². The Hall–Kier alpha value is -3.33. The summed E-state index contributed by atoms with van der Waals surface area (Å²) >= 11 is 5.80. The zero-order valence-electron chi connectivity index (χ0n) is 18.9. The van der Waals surface area contributed by atoms with Gasteiger partial charge in [0.1, 0.15) is 10.8 Å². The average Bonchev–Trinajstić information content (AvgIpc) is 3.09. The number of benzene rings is 2. The Morgan fingerprint density at radius 1 is 1.15 bits per heavy atom. The summed E-state index contributed by atoms with van der Waals surface area (Å²) in [6.45, 7) is 5.99. The number of carbonyl (C=O) groups excluding carboxylic acids is 2. The second kappa shape index (κ2) is 8.16. The minimum absolute atomic E-state index is 0.0585. The van der Waals surface area contributed by atoms with Gasteiger partial charge in [-0.1, -0.05) is 37.5 Å². The maximum Gasteiger partial charge on any atom is 0.365 e. The van der Waals surface area contributed by atoms with Crippen molar-refractivity contribution in [3.8, 4) is 0 Å². The highest BCUT2D eigenvalue weighted by Gasteiger charge is 2.71. The van der Waals surface area contributed by atoms with Crippen molar-refractivity contribution in [1.82, 2.24) is 0 Å². The molecule has 2 atom stereocenters. The van der Waals surface area contributed by atoms with Crippen molar-refractivity contribution in [2.45, 2.75) is 40.0 Å². The number of fused-ring (bicyclic) bond motifs is 2. The van der Waals surface area contributed by atoms with Crippen molar-refractivity contribution in [1.29, 1.82) is 0 Å². The van der Waals surface area contributed by atoms with Crippen LogP contribution in [0.15, 0.2) is 47.6 Å². The Morgan fingerprint density at radius 3 is 2.47 bits per heavy atom. The Labute approximate surface area is 200 Å². The summed E-state index contributed by atoms with van der Waals surface area (Å²) < 4.78 is 13.2. The molecule has 2 saturated carbocycles. The van der Waals surface area contributed by atoms with Gasteiger partial charge in [0.05, 0.1) is 21.6 Å². The molecule has 0 spiro atoms. The first-order valence-corrected chi connectivity index (χ1v) is 11.1. The van der Waals surface area contributed by atoms with Crippen LogP contribution in [0.2, 0.25) is 5.02 Å². The van der Waals surface area contributed by atoms with Crippen molar-refractivity contribution < 1.29 is 23.7 Å². The smallest absolute Gasteiger partial charge is 0.326 e. The number of oxime groups is 1. The molecule has 2 unspecified atom stereocenters. The maximum absolute atomic E-state index is 13.4. The molecule has 178 valence electrons. The van der Waals surface area contributed by atoms with Crippen LogP contribution < -0.4 is 5.32 Å². The van der Waals surface area contributed by atoms with Gasteiger partial charge in [-0.05, 0) is 54.7 Å². The van der Waals surface area contributed by atoms with E-state index in [-0.39, 0.29) is 22.9 Å². The minimum Gasteiger partial charge on any atom is -0.326 e. The fraction of sp³-hybridized carbons (Fsp3) is 0.375. The molecule has 34 heavy (non-hydrogen) atoms. The number of hydrogen-bond acceptors (Lipinski definition) is 6. The summed E-state index contributed by atoms with van der Waals surface area (Å²) in [6.07, 6.45) is 1.58. The molecule has 2 aliphatic carbocycles. The predicted molar refractivity (Wildman–Crippen MR) is 124 cm³/mol. The first-order valence-electron chi connectivity index (χ1n) is 10.7. The number of hydrogen-bond donors (Lipinski definition) is 1. The largest absolute Gasteiger partial charge is 0.365 e. The number of nitrogens with one attached hydrogen (secondary N) is 1. The van der Waals surface area contributed by atoms with Crippen molar-refractivity contribution in [2.75, 3.05) is 5.32 Å². The van der Waals surface area contributed by atoms with Crippen LogP contribution >= 0.6 is 11.6 Å². The van der Waals surface area contributed by atoms with Gasteiger partial charge in [0.25, 0.3) is 5.69 Å². The zero-order chi connectivity index (χ0) is 24.9. The van der Waals surface area contributed by atoms with Crippen LogP contribution in [-0.2, 0) is 9.63 Å². The molecule has 1 N–H and O–H groups in total. The molecule has 10 heteroatoms. The quantitative estimate of drug-likeness (QED) is 0.327. The van der Waals surface area contributed by atoms with Gasteiger partial charge in [-0.3, -0.25) is 14.9 Å². The molecule has 0 aliphatic heterocycles. The predicted octanol–water partition coefficient (Wildman–Crippen LogP) is 5.76. The second-order valence-corrected chi connectivity index (χ2v) is 9.92. The van der Waals surface area contributed by atoms with Gasteiger partial charge in [0.2, 0.25) is 5.91 Å². The van der Waals surface area contributed by atoms with Gasteiger partial charge in [-0.15, -0.1) is 0 Å². The van der Waals surface area contributed by atoms with E-state index in [2.05, 4.69) is 10.5 Å². The summed E-state index contributed by atoms with van der Waals surface area (Å²) in [4.78, 5) is 41.5. The van der Waals surface area contributed by atoms with E-state index < -0.39 is 38.6 Å². The van der Waals surface area contributed by atoms with Crippen LogP contribution in [0.5, 0.6) is 0 Å². The monoisotopic (exact) mass is 487 g/mol. The molecule has 0 radical (unpaired) electrons. The third-order valence-electron chi connectivity index (χ3n) is 7.89. The number of amides is 1. The highest BCUT2D eigenvalue weighted by atomic mass is 35.5. The van der Waals surface area contributed by atoms with E-state index >= 15 is 0 Å². The first kappa shape index (κ1) is 23.8. The fourth-order valence-corrected chi connectivity index (χ4v) is 5.42. The van der Waals surface area contributed by atoms with Crippen molar-refractivity contribution in [3.05, 3.63) is 69.0 Å². The molecule has 2 aliphatic rings. The van der Waals surface area contributed by atoms with Crippen LogP contribution in [0.25, 0.3) is 0 Å². The number of anilines is 1. The Morgan fingerprint density at radius 2 is 1.82 bits per heavy atom. The molecule has 2 aromatic carbocycles. The molecular weight excluding hydrogens is 465 g/mol. The van der Waals surface area contributed by atoms with Crippen LogP contribution in [0.1, 0.15) is 50.4 Å². The van der Waals surface area contributed by atoms with Gasteiger partial charge in [-0.25, -0.2) is 9.18 Å². The Balaban J connectivity index is 1.58. The van der Waals surface area contributed by atoms with Gasteiger partial charge >= 0.3 is 5.97 Å². The summed E-state index contributed by atoms with van der Waals surface area (Å²) in [7, 11) is 0. The van der Waals surface area contributed by atoms with Crippen molar-refractivity contribution in [3.63, 3.8) is 0 Å². The van der Waals surface area contributed by atoms with Crippen molar-refractivity contribution >= 4 is 40.6 Å². The maximum atomic E-state index is 13.4. The molecule has 2 bridgehead atoms. The van der Waals surface area contributed by atoms with E-state index in [1.807, 2.05) is 20.8 Å². The average molecular weight is 488 g/mol. The van der Waals surface area contributed by atoms with Crippen LogP contribution in [-0.4, -0.2) is 22.5 Å². The van der Waals surface area contributed by atoms with E-state index in [0.29, 0.717) is 24.2 Å². The van der Waals surface area contributed by atoms with Gasteiger partial charge < -0.3 is 10.2 Å². The number of nitro benzene ring substituents is 1. The second-order valence-electron chi connectivity index (χ2n) is 9.52. The van der Waals surface area contributed by atoms with Crippen LogP contribution in [0, 0.1) is 32.2 Å². The molecule has 2 aromatic rings. The molecule has 0 saturated heterocycles. The first-order chi connectivity index (χ1) is 15.9. The molecule has 1 amide bonds. The zero-order valence-corrected chi connectivity index (χ0v) is 19.6. The summed E-state index contributed by atoms with van der Waals surface area (Å²) in [6, 6.07) is 9.17. The number of nitro groups is 1. The highest BCUT2D eigenvalue weighted by molar-refractivity contribution is 6.32. The molecule has 0 heterocycles. The molecule has 2 fully saturated rings. The van der Waals surface area contributed by atoms with Gasteiger partial charge in [0.15, 0.2) is 0 Å². The van der Waals surface area contributed by atoms with Gasteiger partial charge in [0, 0.05) is 23.6 Å². The Kier molecular flexibility index (Phi) is 5.72.